The van der Waals surface area contributed by atoms with Gasteiger partial charge in [0.1, 0.15) is 0 Å². The van der Waals surface area contributed by atoms with Crippen LogP contribution in [0.4, 0.5) is 0 Å². The van der Waals surface area contributed by atoms with Crippen LogP contribution in [0.2, 0.25) is 0 Å². The Morgan fingerprint density at radius 1 is 1.36 bits per heavy atom. The van der Waals surface area contributed by atoms with Crippen LogP contribution in [-0.2, 0) is 0 Å². The summed E-state index contributed by atoms with van der Waals surface area (Å²) in [5.74, 6) is 0.339. The Kier molecular flexibility index (Phi) is 7.52. The van der Waals surface area contributed by atoms with Crippen LogP contribution in [0.3, 0.4) is 0 Å². The van der Waals surface area contributed by atoms with Gasteiger partial charge >= 0.3 is 0 Å². The molecule has 0 saturated heterocycles. The van der Waals surface area contributed by atoms with Crippen molar-refractivity contribution >= 4 is 6.21 Å². The van der Waals surface area contributed by atoms with E-state index in [1.54, 1.807) is 5.01 Å². The van der Waals surface area contributed by atoms with Gasteiger partial charge in [-0.05, 0) is 13.3 Å². The van der Waals surface area contributed by atoms with E-state index in [-0.39, 0.29) is 0 Å². The first-order valence-electron chi connectivity index (χ1n) is 4.82. The quantitative estimate of drug-likeness (QED) is 0.273. The van der Waals surface area contributed by atoms with Crippen LogP contribution < -0.4 is 0 Å². The average molecular weight is 192 g/mol. The lowest BCUT2D eigenvalue weighted by atomic mass is 10.1. The number of nitrogens with zero attached hydrogens (tertiary/aromatic N) is 2. The van der Waals surface area contributed by atoms with Crippen molar-refractivity contribution in [1.82, 2.24) is 5.01 Å². The van der Waals surface area contributed by atoms with Gasteiger partial charge in [-0.15, -0.1) is 6.58 Å². The predicted octanol–water partition coefficient (Wildman–Crippen LogP) is 2.86. The SMILES string of the molecule is C=CCC(C=CC=CC)C=NN(C)C. The Labute approximate surface area is 87.3 Å². The lowest BCUT2D eigenvalue weighted by Gasteiger charge is -2.06. The van der Waals surface area contributed by atoms with Gasteiger partial charge in [0.2, 0.25) is 0 Å². The Hall–Kier alpha value is -1.31. The molecule has 0 fully saturated rings. The van der Waals surface area contributed by atoms with Crippen molar-refractivity contribution in [2.45, 2.75) is 13.3 Å². The van der Waals surface area contributed by atoms with E-state index in [1.165, 1.54) is 0 Å². The molecule has 0 N–H and O–H groups in total. The minimum absolute atomic E-state index is 0.339. The Balaban J connectivity index is 4.20. The van der Waals surface area contributed by atoms with Crippen LogP contribution in [0.5, 0.6) is 0 Å². The van der Waals surface area contributed by atoms with Crippen molar-refractivity contribution in [3.63, 3.8) is 0 Å². The number of rotatable bonds is 6. The molecule has 0 saturated carbocycles. The smallest absolute Gasteiger partial charge is 0.0316 e. The first-order chi connectivity index (χ1) is 6.70. The average Bonchev–Trinajstić information content (AvgIpc) is 2.14. The topological polar surface area (TPSA) is 15.6 Å². The summed E-state index contributed by atoms with van der Waals surface area (Å²) in [6, 6.07) is 0. The Bertz CT molecular complexity index is 224. The molecular formula is C12H20N2. The van der Waals surface area contributed by atoms with E-state index in [4.69, 9.17) is 0 Å². The fraction of sp³-hybridized carbons (Fsp3) is 0.417. The minimum atomic E-state index is 0.339. The highest BCUT2D eigenvalue weighted by molar-refractivity contribution is 5.63. The second-order valence-corrected chi connectivity index (χ2v) is 3.21. The van der Waals surface area contributed by atoms with Crippen molar-refractivity contribution < 1.29 is 0 Å². The van der Waals surface area contributed by atoms with Gasteiger partial charge in [0, 0.05) is 26.2 Å². The number of hydrogen-bond donors (Lipinski definition) is 0. The number of allylic oxidation sites excluding steroid dienone is 5. The van der Waals surface area contributed by atoms with Crippen LogP contribution in [0.25, 0.3) is 0 Å². The van der Waals surface area contributed by atoms with E-state index < -0.39 is 0 Å². The highest BCUT2D eigenvalue weighted by atomic mass is 15.4. The molecule has 0 bridgehead atoms. The van der Waals surface area contributed by atoms with Crippen molar-refractivity contribution in [3.05, 3.63) is 37.0 Å². The lowest BCUT2D eigenvalue weighted by Crippen LogP contribution is -2.05. The van der Waals surface area contributed by atoms with Gasteiger partial charge in [-0.1, -0.05) is 30.4 Å². The molecule has 0 aliphatic rings. The molecule has 2 heteroatoms. The lowest BCUT2D eigenvalue weighted by molar-refractivity contribution is 0.437. The van der Waals surface area contributed by atoms with Crippen molar-refractivity contribution in [3.8, 4) is 0 Å². The first kappa shape index (κ1) is 12.7. The van der Waals surface area contributed by atoms with E-state index >= 15 is 0 Å². The molecule has 1 unspecified atom stereocenters. The van der Waals surface area contributed by atoms with Crippen LogP contribution in [0, 0.1) is 5.92 Å². The maximum Gasteiger partial charge on any atom is 0.0316 e. The zero-order valence-corrected chi connectivity index (χ0v) is 9.35. The Morgan fingerprint density at radius 2 is 2.07 bits per heavy atom. The standard InChI is InChI=1S/C12H20N2/c1-5-7-8-10-12(9-6-2)11-13-14(3)4/h5-8,10-12H,2,9H2,1,3-4H3. The van der Waals surface area contributed by atoms with Crippen LogP contribution in [0.15, 0.2) is 42.1 Å². The van der Waals surface area contributed by atoms with Gasteiger partial charge in [-0.25, -0.2) is 0 Å². The summed E-state index contributed by atoms with van der Waals surface area (Å²) in [6.07, 6.45) is 12.9. The maximum atomic E-state index is 4.21. The third-order valence-electron chi connectivity index (χ3n) is 1.59. The van der Waals surface area contributed by atoms with Crippen molar-refractivity contribution in [1.29, 1.82) is 0 Å². The molecule has 0 radical (unpaired) electrons. The molecule has 0 aromatic carbocycles. The first-order valence-corrected chi connectivity index (χ1v) is 4.82. The van der Waals surface area contributed by atoms with Gasteiger partial charge in [-0.2, -0.15) is 5.10 Å². The van der Waals surface area contributed by atoms with Gasteiger partial charge in [-0.3, -0.25) is 0 Å². The normalized spacial score (nSPS) is 14.2. The van der Waals surface area contributed by atoms with Gasteiger partial charge < -0.3 is 5.01 Å². The van der Waals surface area contributed by atoms with E-state index in [1.807, 2.05) is 51.5 Å². The van der Waals surface area contributed by atoms with Crippen molar-refractivity contribution in [2.75, 3.05) is 14.1 Å². The van der Waals surface area contributed by atoms with Gasteiger partial charge in [0.15, 0.2) is 0 Å². The highest BCUT2D eigenvalue weighted by Gasteiger charge is 1.96. The third kappa shape index (κ3) is 7.35. The zero-order valence-electron chi connectivity index (χ0n) is 9.35. The summed E-state index contributed by atoms with van der Waals surface area (Å²) in [5, 5.41) is 6.00. The van der Waals surface area contributed by atoms with E-state index in [2.05, 4.69) is 17.8 Å². The molecule has 0 spiro atoms. The fourth-order valence-corrected chi connectivity index (χ4v) is 0.919. The molecule has 0 amide bonds. The summed E-state index contributed by atoms with van der Waals surface area (Å²) in [6.45, 7) is 5.73. The fourth-order valence-electron chi connectivity index (χ4n) is 0.919. The summed E-state index contributed by atoms with van der Waals surface area (Å²) in [7, 11) is 3.83. The second-order valence-electron chi connectivity index (χ2n) is 3.21. The molecule has 14 heavy (non-hydrogen) atoms. The molecule has 0 rings (SSSR count). The van der Waals surface area contributed by atoms with E-state index in [0.29, 0.717) is 5.92 Å². The molecule has 0 aromatic rings. The third-order valence-corrected chi connectivity index (χ3v) is 1.59. The molecule has 0 heterocycles. The number of hydrogen-bond acceptors (Lipinski definition) is 2. The van der Waals surface area contributed by atoms with Gasteiger partial charge in [0.05, 0.1) is 0 Å². The summed E-state index contributed by atoms with van der Waals surface area (Å²) in [4.78, 5) is 0. The summed E-state index contributed by atoms with van der Waals surface area (Å²) in [5.41, 5.74) is 0. The molecule has 0 aliphatic carbocycles. The summed E-state index contributed by atoms with van der Waals surface area (Å²) >= 11 is 0. The molecule has 2 nitrogen and oxygen atoms in total. The van der Waals surface area contributed by atoms with E-state index in [0.717, 1.165) is 6.42 Å². The second kappa shape index (κ2) is 8.30. The number of hydrazone groups is 1. The molecule has 78 valence electrons. The highest BCUT2D eigenvalue weighted by Crippen LogP contribution is 2.03. The zero-order chi connectivity index (χ0) is 10.8. The Morgan fingerprint density at radius 3 is 2.57 bits per heavy atom. The minimum Gasteiger partial charge on any atom is -0.303 e. The van der Waals surface area contributed by atoms with Crippen LogP contribution in [-0.4, -0.2) is 25.3 Å². The van der Waals surface area contributed by atoms with Gasteiger partial charge in [0.25, 0.3) is 0 Å². The van der Waals surface area contributed by atoms with Crippen LogP contribution >= 0.6 is 0 Å². The molecule has 1 atom stereocenters. The van der Waals surface area contributed by atoms with Crippen LogP contribution in [0.1, 0.15) is 13.3 Å². The monoisotopic (exact) mass is 192 g/mol. The predicted molar refractivity (Wildman–Crippen MR) is 64.4 cm³/mol. The molecule has 0 aromatic heterocycles. The summed E-state index contributed by atoms with van der Waals surface area (Å²) < 4.78 is 0. The largest absolute Gasteiger partial charge is 0.303 e. The van der Waals surface area contributed by atoms with E-state index in [9.17, 15) is 0 Å². The molecular weight excluding hydrogens is 172 g/mol. The molecule has 0 aliphatic heterocycles. The maximum absolute atomic E-state index is 4.21. The van der Waals surface area contributed by atoms with Crippen molar-refractivity contribution in [2.24, 2.45) is 11.0 Å².